The minimum atomic E-state index is -1.00. The Morgan fingerprint density at radius 2 is 0.943 bits per heavy atom. The first-order chi connectivity index (χ1) is 25.9. The number of ether oxygens (including phenoxy) is 1. The largest absolute Gasteiger partial charge is 0.480 e. The van der Waals surface area contributed by atoms with Gasteiger partial charge in [-0.3, -0.25) is 9.59 Å². The number of nitrogens with two attached hydrogens (primary N) is 1. The lowest BCUT2D eigenvalue weighted by molar-refractivity contribution is -0.150. The summed E-state index contributed by atoms with van der Waals surface area (Å²) in [6.45, 7) is 4.96. The highest BCUT2D eigenvalue weighted by molar-refractivity contribution is 5.83. The third-order valence-electron chi connectivity index (χ3n) is 10.6. The Balaban J connectivity index is 4.32. The first kappa shape index (κ1) is 51.1. The number of amides is 1. The third-order valence-corrected chi connectivity index (χ3v) is 10.6. The van der Waals surface area contributed by atoms with Gasteiger partial charge < -0.3 is 20.9 Å². The van der Waals surface area contributed by atoms with Crippen molar-refractivity contribution >= 4 is 17.8 Å². The van der Waals surface area contributed by atoms with Gasteiger partial charge in [-0.25, -0.2) is 4.79 Å². The molecule has 312 valence electrons. The molecule has 2 atom stereocenters. The summed E-state index contributed by atoms with van der Waals surface area (Å²) >= 11 is 0. The number of unbranched alkanes of at least 4 members (excludes halogenated alkanes) is 26. The minimum Gasteiger partial charge on any atom is -0.480 e. The highest BCUT2D eigenvalue weighted by Crippen LogP contribution is 2.18. The van der Waals surface area contributed by atoms with Crippen molar-refractivity contribution in [2.45, 2.75) is 257 Å². The SMILES string of the molecule is CCCCCCCCCC/C=C\CCCC(CCCCCCCC(=O)NC(CCCN)C(=O)O)OC(=O)CCCCCCCCCCCCCCCC. The van der Waals surface area contributed by atoms with E-state index in [1.807, 2.05) is 0 Å². The van der Waals surface area contributed by atoms with Gasteiger partial charge in [0.1, 0.15) is 12.1 Å². The zero-order valence-electron chi connectivity index (χ0n) is 35.1. The van der Waals surface area contributed by atoms with Crippen LogP contribution in [0.3, 0.4) is 0 Å². The van der Waals surface area contributed by atoms with Crippen LogP contribution in [0.15, 0.2) is 12.2 Å². The van der Waals surface area contributed by atoms with E-state index < -0.39 is 12.0 Å². The van der Waals surface area contributed by atoms with E-state index in [2.05, 4.69) is 31.3 Å². The first-order valence-corrected chi connectivity index (χ1v) is 23.0. The number of carboxylic acids is 1. The molecule has 7 nitrogen and oxygen atoms in total. The molecule has 0 aliphatic rings. The first-order valence-electron chi connectivity index (χ1n) is 23.0. The summed E-state index contributed by atoms with van der Waals surface area (Å²) in [4.78, 5) is 36.4. The smallest absolute Gasteiger partial charge is 0.326 e. The van der Waals surface area contributed by atoms with E-state index in [4.69, 9.17) is 10.5 Å². The van der Waals surface area contributed by atoms with E-state index in [0.717, 1.165) is 70.6 Å². The Kier molecular flexibility index (Phi) is 39.8. The molecule has 0 spiro atoms. The monoisotopic (exact) mass is 749 g/mol. The van der Waals surface area contributed by atoms with Crippen LogP contribution in [0.2, 0.25) is 0 Å². The van der Waals surface area contributed by atoms with Crippen LogP contribution in [0.4, 0.5) is 0 Å². The number of carbonyl (C=O) groups is 3. The Bertz CT molecular complexity index is 848. The number of esters is 1. The molecule has 0 aromatic heterocycles. The second-order valence-corrected chi connectivity index (χ2v) is 15.8. The number of hydrogen-bond donors (Lipinski definition) is 3. The van der Waals surface area contributed by atoms with Gasteiger partial charge in [0.25, 0.3) is 0 Å². The molecule has 0 radical (unpaired) electrons. The summed E-state index contributed by atoms with van der Waals surface area (Å²) in [5, 5.41) is 11.9. The maximum atomic E-state index is 12.8. The molecule has 2 unspecified atom stereocenters. The fraction of sp³-hybridized carbons (Fsp3) is 0.891. The summed E-state index contributed by atoms with van der Waals surface area (Å²) in [7, 11) is 0. The molecule has 0 bridgehead atoms. The molecule has 1 amide bonds. The average Bonchev–Trinajstić information content (AvgIpc) is 3.14. The lowest BCUT2D eigenvalue weighted by atomic mass is 10.0. The number of carboxylic acid groups (broad SMARTS) is 1. The van der Waals surface area contributed by atoms with Gasteiger partial charge in [-0.05, 0) is 77.2 Å². The van der Waals surface area contributed by atoms with Crippen LogP contribution < -0.4 is 11.1 Å². The number of hydrogen-bond acceptors (Lipinski definition) is 5. The quantitative estimate of drug-likeness (QED) is 0.0325. The van der Waals surface area contributed by atoms with E-state index in [9.17, 15) is 19.5 Å². The van der Waals surface area contributed by atoms with Crippen molar-refractivity contribution in [1.82, 2.24) is 5.32 Å². The average molecular weight is 749 g/mol. The van der Waals surface area contributed by atoms with Crippen molar-refractivity contribution in [2.24, 2.45) is 5.73 Å². The van der Waals surface area contributed by atoms with Crippen LogP contribution in [0.1, 0.15) is 245 Å². The Morgan fingerprint density at radius 3 is 1.43 bits per heavy atom. The molecular weight excluding hydrogens is 661 g/mol. The van der Waals surface area contributed by atoms with Crippen LogP contribution in [-0.4, -0.2) is 41.6 Å². The molecule has 0 aliphatic heterocycles. The molecule has 53 heavy (non-hydrogen) atoms. The summed E-state index contributed by atoms with van der Waals surface area (Å²) in [6, 6.07) is -0.856. The van der Waals surface area contributed by atoms with Crippen LogP contribution >= 0.6 is 0 Å². The van der Waals surface area contributed by atoms with E-state index in [1.165, 1.54) is 135 Å². The van der Waals surface area contributed by atoms with Crippen LogP contribution in [0.5, 0.6) is 0 Å². The Hall–Kier alpha value is -1.89. The Labute approximate surface area is 328 Å². The normalized spacial score (nSPS) is 12.7. The van der Waals surface area contributed by atoms with Gasteiger partial charge >= 0.3 is 11.9 Å². The van der Waals surface area contributed by atoms with E-state index >= 15 is 0 Å². The molecule has 7 heteroatoms. The molecule has 0 heterocycles. The zero-order chi connectivity index (χ0) is 38.9. The van der Waals surface area contributed by atoms with E-state index in [-0.39, 0.29) is 18.0 Å². The maximum Gasteiger partial charge on any atom is 0.326 e. The van der Waals surface area contributed by atoms with E-state index in [1.54, 1.807) is 0 Å². The van der Waals surface area contributed by atoms with Crippen molar-refractivity contribution < 1.29 is 24.2 Å². The van der Waals surface area contributed by atoms with Crippen LogP contribution in [0, 0.1) is 0 Å². The lowest BCUT2D eigenvalue weighted by Gasteiger charge is -2.18. The highest BCUT2D eigenvalue weighted by Gasteiger charge is 2.19. The van der Waals surface area contributed by atoms with Crippen LogP contribution in [0.25, 0.3) is 0 Å². The number of allylic oxidation sites excluding steroid dienone is 2. The van der Waals surface area contributed by atoms with Gasteiger partial charge in [-0.2, -0.15) is 0 Å². The maximum absolute atomic E-state index is 12.8. The van der Waals surface area contributed by atoms with Gasteiger partial charge in [0.15, 0.2) is 0 Å². The summed E-state index contributed by atoms with van der Waals surface area (Å²) in [5.74, 6) is -1.24. The van der Waals surface area contributed by atoms with Crippen molar-refractivity contribution in [1.29, 1.82) is 0 Å². The lowest BCUT2D eigenvalue weighted by Crippen LogP contribution is -2.40. The summed E-state index contributed by atoms with van der Waals surface area (Å²) in [5.41, 5.74) is 5.49. The van der Waals surface area contributed by atoms with Gasteiger partial charge in [0.2, 0.25) is 5.91 Å². The van der Waals surface area contributed by atoms with Crippen molar-refractivity contribution in [3.63, 3.8) is 0 Å². The van der Waals surface area contributed by atoms with Gasteiger partial charge in [0.05, 0.1) is 0 Å². The fourth-order valence-corrected chi connectivity index (χ4v) is 7.10. The molecule has 4 N–H and O–H groups in total. The molecule has 0 aliphatic carbocycles. The zero-order valence-corrected chi connectivity index (χ0v) is 35.1. The fourth-order valence-electron chi connectivity index (χ4n) is 7.10. The topological polar surface area (TPSA) is 119 Å². The van der Waals surface area contributed by atoms with Crippen molar-refractivity contribution in [3.05, 3.63) is 12.2 Å². The molecular formula is C46H88N2O5. The molecule has 0 aromatic rings. The second-order valence-electron chi connectivity index (χ2n) is 15.8. The Morgan fingerprint density at radius 1 is 0.528 bits per heavy atom. The van der Waals surface area contributed by atoms with Gasteiger partial charge in [-0.1, -0.05) is 174 Å². The summed E-state index contributed by atoms with van der Waals surface area (Å²) in [6.07, 6.45) is 45.4. The molecule has 0 saturated carbocycles. The minimum absolute atomic E-state index is 0.0116. The number of rotatable bonds is 42. The van der Waals surface area contributed by atoms with Gasteiger partial charge in [0, 0.05) is 12.8 Å². The summed E-state index contributed by atoms with van der Waals surface area (Å²) < 4.78 is 6.04. The number of aliphatic carboxylic acids is 1. The van der Waals surface area contributed by atoms with Crippen molar-refractivity contribution in [3.8, 4) is 0 Å². The number of nitrogens with one attached hydrogen (secondary N) is 1. The van der Waals surface area contributed by atoms with Crippen molar-refractivity contribution in [2.75, 3.05) is 6.54 Å². The van der Waals surface area contributed by atoms with E-state index in [0.29, 0.717) is 32.2 Å². The highest BCUT2D eigenvalue weighted by atomic mass is 16.5. The second kappa shape index (κ2) is 41.3. The standard InChI is InChI=1S/C46H88N2O5/c1-3-5-7-9-11-13-15-17-19-21-23-25-30-34-40-45(50)53-42(36-31-27-24-22-20-18-16-14-12-10-8-6-4-2)37-32-28-26-29-33-39-44(49)48-43(46(51)52)38-35-41-47/h22,24,42-43H,3-21,23,25-41,47H2,1-2H3,(H,48,49)(H,51,52)/b24-22-. The molecule has 0 fully saturated rings. The molecule has 0 saturated heterocycles. The van der Waals surface area contributed by atoms with Gasteiger partial charge in [-0.15, -0.1) is 0 Å². The predicted molar refractivity (Wildman–Crippen MR) is 225 cm³/mol. The third kappa shape index (κ3) is 38.2. The number of carbonyl (C=O) groups excluding carboxylic acids is 2. The molecule has 0 aromatic carbocycles. The predicted octanol–water partition coefficient (Wildman–Crippen LogP) is 13.1. The van der Waals surface area contributed by atoms with Crippen LogP contribution in [-0.2, 0) is 19.1 Å². The molecule has 0 rings (SSSR count).